The Balaban J connectivity index is 2.68. The van der Waals surface area contributed by atoms with Gasteiger partial charge in [0.05, 0.1) is 5.52 Å². The SMILES string of the molecule is Cn1c(=O)oc2ccc(C(F)(F)CO)cc21. The van der Waals surface area contributed by atoms with E-state index in [0.717, 1.165) is 16.7 Å². The zero-order valence-electron chi connectivity index (χ0n) is 8.41. The first-order chi connectivity index (χ1) is 7.45. The first-order valence-electron chi connectivity index (χ1n) is 4.54. The summed E-state index contributed by atoms with van der Waals surface area (Å²) in [6, 6.07) is 3.55. The highest BCUT2D eigenvalue weighted by Gasteiger charge is 2.31. The third-order valence-electron chi connectivity index (χ3n) is 2.41. The summed E-state index contributed by atoms with van der Waals surface area (Å²) in [6.45, 7) is -1.27. The molecule has 1 N–H and O–H groups in total. The first kappa shape index (κ1) is 10.8. The molecule has 2 rings (SSSR count). The van der Waals surface area contributed by atoms with Gasteiger partial charge < -0.3 is 9.52 Å². The highest BCUT2D eigenvalue weighted by atomic mass is 19.3. The van der Waals surface area contributed by atoms with Crippen LogP contribution in [0.15, 0.2) is 27.4 Å². The molecule has 0 aliphatic rings. The number of hydrogen-bond acceptors (Lipinski definition) is 3. The summed E-state index contributed by atoms with van der Waals surface area (Å²) in [6.07, 6.45) is 0. The van der Waals surface area contributed by atoms with Crippen LogP contribution in [0.4, 0.5) is 8.78 Å². The second-order valence-electron chi connectivity index (χ2n) is 3.47. The summed E-state index contributed by atoms with van der Waals surface area (Å²) in [4.78, 5) is 11.1. The fraction of sp³-hybridized carbons (Fsp3) is 0.300. The van der Waals surface area contributed by atoms with Crippen LogP contribution in [0.3, 0.4) is 0 Å². The van der Waals surface area contributed by atoms with Crippen LogP contribution >= 0.6 is 0 Å². The summed E-state index contributed by atoms with van der Waals surface area (Å²) in [7, 11) is 1.43. The highest BCUT2D eigenvalue weighted by molar-refractivity contribution is 5.73. The fourth-order valence-electron chi connectivity index (χ4n) is 1.45. The fourth-order valence-corrected chi connectivity index (χ4v) is 1.45. The molecule has 0 atom stereocenters. The van der Waals surface area contributed by atoms with E-state index in [4.69, 9.17) is 9.52 Å². The van der Waals surface area contributed by atoms with Crippen LogP contribution in [0.2, 0.25) is 0 Å². The van der Waals surface area contributed by atoms with Crippen molar-refractivity contribution in [2.45, 2.75) is 5.92 Å². The Hall–Kier alpha value is -1.69. The van der Waals surface area contributed by atoms with Crippen molar-refractivity contribution < 1.29 is 18.3 Å². The molecule has 2 aromatic rings. The molecule has 0 saturated carbocycles. The van der Waals surface area contributed by atoms with Gasteiger partial charge in [-0.2, -0.15) is 8.78 Å². The highest BCUT2D eigenvalue weighted by Crippen LogP contribution is 2.29. The Labute approximate surface area is 88.7 Å². The molecule has 0 unspecified atom stereocenters. The third-order valence-corrected chi connectivity index (χ3v) is 2.41. The number of halogens is 2. The van der Waals surface area contributed by atoms with Gasteiger partial charge in [-0.1, -0.05) is 0 Å². The molecule has 0 amide bonds. The van der Waals surface area contributed by atoms with Crippen LogP contribution in [0.25, 0.3) is 11.1 Å². The van der Waals surface area contributed by atoms with Gasteiger partial charge in [0.25, 0.3) is 5.92 Å². The van der Waals surface area contributed by atoms with E-state index in [2.05, 4.69) is 0 Å². The van der Waals surface area contributed by atoms with Crippen molar-refractivity contribution >= 4 is 11.1 Å². The zero-order chi connectivity index (χ0) is 11.9. The summed E-state index contributed by atoms with van der Waals surface area (Å²) in [5, 5.41) is 8.55. The number of aromatic nitrogens is 1. The number of benzene rings is 1. The lowest BCUT2D eigenvalue weighted by Gasteiger charge is -2.13. The molecule has 0 radical (unpaired) electrons. The number of oxazole rings is 1. The number of hydrogen-bond donors (Lipinski definition) is 1. The number of aryl methyl sites for hydroxylation is 1. The smallest absolute Gasteiger partial charge is 0.408 e. The third kappa shape index (κ3) is 1.51. The number of alkyl halides is 2. The van der Waals surface area contributed by atoms with Gasteiger partial charge in [-0.15, -0.1) is 0 Å². The van der Waals surface area contributed by atoms with Crippen LogP contribution < -0.4 is 5.76 Å². The van der Waals surface area contributed by atoms with Gasteiger partial charge in [0.2, 0.25) is 0 Å². The largest absolute Gasteiger partial charge is 0.419 e. The second kappa shape index (κ2) is 3.41. The van der Waals surface area contributed by atoms with Gasteiger partial charge >= 0.3 is 5.76 Å². The molecule has 0 aliphatic heterocycles. The summed E-state index contributed by atoms with van der Waals surface area (Å²) in [5.41, 5.74) is 0.166. The predicted octanol–water partition coefficient (Wildman–Crippen LogP) is 1.22. The molecule has 86 valence electrons. The molecule has 0 saturated heterocycles. The Kier molecular flexibility index (Phi) is 2.31. The van der Waals surface area contributed by atoms with Gasteiger partial charge in [0, 0.05) is 12.6 Å². The van der Waals surface area contributed by atoms with E-state index in [9.17, 15) is 13.6 Å². The first-order valence-corrected chi connectivity index (χ1v) is 4.54. The van der Waals surface area contributed by atoms with Crippen LogP contribution in [-0.2, 0) is 13.0 Å². The van der Waals surface area contributed by atoms with Crippen LogP contribution in [0.5, 0.6) is 0 Å². The summed E-state index contributed by atoms with van der Waals surface area (Å²) < 4.78 is 32.3. The Morgan fingerprint density at radius 2 is 2.19 bits per heavy atom. The number of aliphatic hydroxyl groups is 1. The maximum Gasteiger partial charge on any atom is 0.419 e. The standard InChI is InChI=1S/C10H9F2NO3/c1-13-7-4-6(10(11,12)5-14)2-3-8(7)16-9(13)15/h2-4,14H,5H2,1H3. The lowest BCUT2D eigenvalue weighted by Crippen LogP contribution is -2.18. The van der Waals surface area contributed by atoms with E-state index in [1.165, 1.54) is 13.1 Å². The van der Waals surface area contributed by atoms with E-state index in [1.54, 1.807) is 0 Å². The number of aliphatic hydroxyl groups excluding tert-OH is 1. The van der Waals surface area contributed by atoms with E-state index in [0.29, 0.717) is 0 Å². The van der Waals surface area contributed by atoms with Crippen LogP contribution in [0, 0.1) is 0 Å². The topological polar surface area (TPSA) is 55.4 Å². The predicted molar refractivity (Wildman–Crippen MR) is 52.4 cm³/mol. The molecular weight excluding hydrogens is 220 g/mol. The number of fused-ring (bicyclic) bond motifs is 1. The monoisotopic (exact) mass is 229 g/mol. The Bertz CT molecular complexity index is 585. The molecule has 0 bridgehead atoms. The molecule has 6 heteroatoms. The molecular formula is C10H9F2NO3. The van der Waals surface area contributed by atoms with Gasteiger partial charge in [0.1, 0.15) is 6.61 Å². The van der Waals surface area contributed by atoms with Crippen LogP contribution in [-0.4, -0.2) is 16.3 Å². The quantitative estimate of drug-likeness (QED) is 0.842. The van der Waals surface area contributed by atoms with Gasteiger partial charge in [0.15, 0.2) is 5.58 Å². The molecule has 1 aromatic heterocycles. The molecule has 0 fully saturated rings. The van der Waals surface area contributed by atoms with Crippen molar-refractivity contribution in [3.63, 3.8) is 0 Å². The van der Waals surface area contributed by atoms with Crippen molar-refractivity contribution in [1.82, 2.24) is 4.57 Å². The molecule has 1 aromatic carbocycles. The van der Waals surface area contributed by atoms with E-state index in [1.807, 2.05) is 0 Å². The Morgan fingerprint density at radius 1 is 1.50 bits per heavy atom. The maximum atomic E-state index is 13.2. The van der Waals surface area contributed by atoms with Crippen LogP contribution in [0.1, 0.15) is 5.56 Å². The summed E-state index contributed by atoms with van der Waals surface area (Å²) in [5.74, 6) is -3.93. The molecule has 16 heavy (non-hydrogen) atoms. The van der Waals surface area contributed by atoms with E-state index < -0.39 is 18.3 Å². The van der Waals surface area contributed by atoms with Crippen molar-refractivity contribution in [1.29, 1.82) is 0 Å². The number of nitrogens with zero attached hydrogens (tertiary/aromatic N) is 1. The molecule has 0 aliphatic carbocycles. The number of rotatable bonds is 2. The maximum absolute atomic E-state index is 13.2. The molecule has 1 heterocycles. The summed E-state index contributed by atoms with van der Waals surface area (Å²) >= 11 is 0. The van der Waals surface area contributed by atoms with Gasteiger partial charge in [-0.25, -0.2) is 4.79 Å². The van der Waals surface area contributed by atoms with Crippen molar-refractivity contribution in [3.05, 3.63) is 34.3 Å². The lowest BCUT2D eigenvalue weighted by atomic mass is 10.1. The van der Waals surface area contributed by atoms with Crippen molar-refractivity contribution in [2.75, 3.05) is 6.61 Å². The zero-order valence-corrected chi connectivity index (χ0v) is 8.41. The van der Waals surface area contributed by atoms with E-state index in [-0.39, 0.29) is 16.7 Å². The minimum Gasteiger partial charge on any atom is -0.408 e. The van der Waals surface area contributed by atoms with Gasteiger partial charge in [-0.05, 0) is 18.2 Å². The van der Waals surface area contributed by atoms with Crippen molar-refractivity contribution in [3.8, 4) is 0 Å². The normalized spacial score (nSPS) is 12.2. The van der Waals surface area contributed by atoms with Crippen molar-refractivity contribution in [2.24, 2.45) is 7.05 Å². The lowest BCUT2D eigenvalue weighted by molar-refractivity contribution is -0.0555. The Morgan fingerprint density at radius 3 is 2.81 bits per heavy atom. The second-order valence-corrected chi connectivity index (χ2v) is 3.47. The average Bonchev–Trinajstić information content (AvgIpc) is 2.55. The van der Waals surface area contributed by atoms with E-state index >= 15 is 0 Å². The minimum atomic E-state index is -3.32. The average molecular weight is 229 g/mol. The molecule has 4 nitrogen and oxygen atoms in total. The van der Waals surface area contributed by atoms with Gasteiger partial charge in [-0.3, -0.25) is 4.57 Å². The minimum absolute atomic E-state index is 0.241. The molecule has 0 spiro atoms.